The van der Waals surface area contributed by atoms with Crippen LogP contribution in [0.4, 0.5) is 0 Å². The second-order valence-corrected chi connectivity index (χ2v) is 3.78. The van der Waals surface area contributed by atoms with Crippen molar-refractivity contribution in [3.05, 3.63) is 28.8 Å². The molecular weight excluding hydrogens is 218 g/mol. The summed E-state index contributed by atoms with van der Waals surface area (Å²) in [6.45, 7) is 1.00. The first-order valence-corrected chi connectivity index (χ1v) is 4.64. The molecule has 0 saturated heterocycles. The minimum absolute atomic E-state index is 0.316. The van der Waals surface area contributed by atoms with Crippen molar-refractivity contribution in [2.45, 2.75) is 6.04 Å². The van der Waals surface area contributed by atoms with Gasteiger partial charge in [0, 0.05) is 6.54 Å². The molecule has 3 nitrogen and oxygen atoms in total. The Bertz CT molecular complexity index is 305. The largest absolute Gasteiger partial charge is 0.335 e. The highest BCUT2D eigenvalue weighted by Crippen LogP contribution is 2.23. The molecular formula is C8H10BrN3. The Kier molecular flexibility index (Phi) is 2.02. The molecule has 1 unspecified atom stereocenters. The van der Waals surface area contributed by atoms with Crippen molar-refractivity contribution in [1.29, 1.82) is 0 Å². The molecule has 1 aliphatic heterocycles. The Hall–Kier alpha value is -0.610. The minimum Gasteiger partial charge on any atom is -0.335 e. The lowest BCUT2D eigenvalue weighted by Crippen LogP contribution is -2.19. The van der Waals surface area contributed by atoms with Crippen molar-refractivity contribution in [3.63, 3.8) is 0 Å². The van der Waals surface area contributed by atoms with Crippen LogP contribution in [0.5, 0.6) is 0 Å². The maximum Gasteiger partial charge on any atom is 0.128 e. The minimum atomic E-state index is 0.316. The Balaban J connectivity index is 2.24. The lowest BCUT2D eigenvalue weighted by molar-refractivity contribution is 0.330. The third-order valence-electron chi connectivity index (χ3n) is 2.03. The number of aromatic amines is 1. The van der Waals surface area contributed by atoms with Gasteiger partial charge in [0.2, 0.25) is 0 Å². The summed E-state index contributed by atoms with van der Waals surface area (Å²) in [6, 6.07) is 0.316. The number of rotatable bonds is 1. The molecule has 64 valence electrons. The molecule has 0 aliphatic carbocycles. The van der Waals surface area contributed by atoms with Gasteiger partial charge in [-0.2, -0.15) is 0 Å². The normalized spacial score (nSPS) is 23.7. The van der Waals surface area contributed by atoms with Crippen molar-refractivity contribution >= 4 is 15.9 Å². The number of halogens is 1. The van der Waals surface area contributed by atoms with Gasteiger partial charge >= 0.3 is 0 Å². The van der Waals surface area contributed by atoms with Crippen LogP contribution in [0.2, 0.25) is 0 Å². The van der Waals surface area contributed by atoms with Crippen LogP contribution in [0, 0.1) is 0 Å². The number of likely N-dealkylation sites (N-methyl/N-ethyl adjacent to an activating group) is 1. The number of hydrogen-bond donors (Lipinski definition) is 1. The molecule has 0 aromatic carbocycles. The van der Waals surface area contributed by atoms with Crippen LogP contribution in [-0.2, 0) is 0 Å². The van der Waals surface area contributed by atoms with E-state index in [-0.39, 0.29) is 0 Å². The van der Waals surface area contributed by atoms with E-state index < -0.39 is 0 Å². The molecule has 1 N–H and O–H groups in total. The quantitative estimate of drug-likeness (QED) is 0.742. The van der Waals surface area contributed by atoms with E-state index in [2.05, 4.69) is 50.0 Å². The van der Waals surface area contributed by atoms with Gasteiger partial charge in [-0.25, -0.2) is 4.98 Å². The zero-order valence-electron chi connectivity index (χ0n) is 6.79. The fraction of sp³-hybridized carbons (Fsp3) is 0.375. The lowest BCUT2D eigenvalue weighted by Gasteiger charge is -2.16. The van der Waals surface area contributed by atoms with Crippen LogP contribution < -0.4 is 0 Å². The highest BCUT2D eigenvalue weighted by molar-refractivity contribution is 9.10. The Morgan fingerprint density at radius 1 is 1.75 bits per heavy atom. The summed E-state index contributed by atoms with van der Waals surface area (Å²) in [5.41, 5.74) is 0. The van der Waals surface area contributed by atoms with Crippen LogP contribution in [0.25, 0.3) is 0 Å². The van der Waals surface area contributed by atoms with Gasteiger partial charge in [-0.05, 0) is 23.0 Å². The Morgan fingerprint density at radius 3 is 3.08 bits per heavy atom. The van der Waals surface area contributed by atoms with Crippen molar-refractivity contribution in [2.75, 3.05) is 13.6 Å². The first-order valence-electron chi connectivity index (χ1n) is 3.84. The number of imidazole rings is 1. The van der Waals surface area contributed by atoms with Gasteiger partial charge in [-0.1, -0.05) is 12.2 Å². The third-order valence-corrected chi connectivity index (χ3v) is 2.43. The molecule has 0 spiro atoms. The van der Waals surface area contributed by atoms with Crippen LogP contribution in [-0.4, -0.2) is 28.5 Å². The summed E-state index contributed by atoms with van der Waals surface area (Å²) in [7, 11) is 2.08. The van der Waals surface area contributed by atoms with Gasteiger partial charge in [0.1, 0.15) is 10.4 Å². The average Bonchev–Trinajstić information content (AvgIpc) is 2.58. The summed E-state index contributed by atoms with van der Waals surface area (Å²) in [6.07, 6.45) is 6.10. The van der Waals surface area contributed by atoms with E-state index in [9.17, 15) is 0 Å². The Morgan fingerprint density at radius 2 is 2.58 bits per heavy atom. The first-order chi connectivity index (χ1) is 5.77. The zero-order valence-corrected chi connectivity index (χ0v) is 8.37. The Labute approximate surface area is 79.6 Å². The fourth-order valence-electron chi connectivity index (χ4n) is 1.38. The molecule has 1 aliphatic rings. The van der Waals surface area contributed by atoms with E-state index in [0.29, 0.717) is 6.04 Å². The number of aromatic nitrogens is 2. The molecule has 0 amide bonds. The molecule has 0 saturated carbocycles. The number of nitrogens with zero attached hydrogens (tertiary/aromatic N) is 2. The average molecular weight is 228 g/mol. The number of nitrogens with one attached hydrogen (secondary N) is 1. The van der Waals surface area contributed by atoms with Gasteiger partial charge in [0.05, 0.1) is 12.2 Å². The SMILES string of the molecule is CN1CC=CC1c1ncc(Br)[nH]1. The van der Waals surface area contributed by atoms with Crippen molar-refractivity contribution in [3.8, 4) is 0 Å². The van der Waals surface area contributed by atoms with Crippen LogP contribution in [0.1, 0.15) is 11.9 Å². The van der Waals surface area contributed by atoms with E-state index in [4.69, 9.17) is 0 Å². The molecule has 2 rings (SSSR count). The molecule has 0 radical (unpaired) electrons. The summed E-state index contributed by atoms with van der Waals surface area (Å²) in [4.78, 5) is 9.64. The van der Waals surface area contributed by atoms with Gasteiger partial charge in [-0.15, -0.1) is 0 Å². The smallest absolute Gasteiger partial charge is 0.128 e. The van der Waals surface area contributed by atoms with Crippen LogP contribution >= 0.6 is 15.9 Å². The highest BCUT2D eigenvalue weighted by Gasteiger charge is 2.19. The molecule has 12 heavy (non-hydrogen) atoms. The van der Waals surface area contributed by atoms with E-state index >= 15 is 0 Å². The number of H-pyrrole nitrogens is 1. The fourth-order valence-corrected chi connectivity index (χ4v) is 1.69. The van der Waals surface area contributed by atoms with Crippen LogP contribution in [0.3, 0.4) is 0 Å². The summed E-state index contributed by atoms with van der Waals surface area (Å²) in [5.74, 6) is 0.998. The molecule has 1 aromatic rings. The van der Waals surface area contributed by atoms with Gasteiger partial charge in [0.25, 0.3) is 0 Å². The zero-order chi connectivity index (χ0) is 8.55. The molecule has 1 aromatic heterocycles. The second-order valence-electron chi connectivity index (χ2n) is 2.93. The van der Waals surface area contributed by atoms with Gasteiger partial charge < -0.3 is 4.98 Å². The van der Waals surface area contributed by atoms with E-state index in [1.54, 1.807) is 6.20 Å². The summed E-state index contributed by atoms with van der Waals surface area (Å²) >= 11 is 3.34. The lowest BCUT2D eigenvalue weighted by atomic mass is 10.3. The van der Waals surface area contributed by atoms with E-state index in [1.807, 2.05) is 0 Å². The maximum atomic E-state index is 4.25. The van der Waals surface area contributed by atoms with E-state index in [1.165, 1.54) is 0 Å². The summed E-state index contributed by atoms with van der Waals surface area (Å²) in [5, 5.41) is 0. The first kappa shape index (κ1) is 8.01. The molecule has 0 fully saturated rings. The summed E-state index contributed by atoms with van der Waals surface area (Å²) < 4.78 is 0.936. The predicted molar refractivity (Wildman–Crippen MR) is 50.8 cm³/mol. The third kappa shape index (κ3) is 1.32. The number of hydrogen-bond acceptors (Lipinski definition) is 2. The molecule has 0 bridgehead atoms. The second kappa shape index (κ2) is 3.03. The van der Waals surface area contributed by atoms with Crippen molar-refractivity contribution in [1.82, 2.24) is 14.9 Å². The predicted octanol–water partition coefficient (Wildman–Crippen LogP) is 1.71. The molecule has 2 heterocycles. The van der Waals surface area contributed by atoms with Crippen LogP contribution in [0.15, 0.2) is 23.0 Å². The monoisotopic (exact) mass is 227 g/mol. The highest BCUT2D eigenvalue weighted by atomic mass is 79.9. The topological polar surface area (TPSA) is 31.9 Å². The van der Waals surface area contributed by atoms with E-state index in [0.717, 1.165) is 17.0 Å². The maximum absolute atomic E-state index is 4.25. The van der Waals surface area contributed by atoms with Crippen molar-refractivity contribution in [2.24, 2.45) is 0 Å². The standard InChI is InChI=1S/C8H10BrN3/c1-12-4-2-3-6(12)8-10-5-7(9)11-8/h2-3,5-6H,4H2,1H3,(H,10,11). The van der Waals surface area contributed by atoms with Gasteiger partial charge in [0.15, 0.2) is 0 Å². The van der Waals surface area contributed by atoms with Gasteiger partial charge in [-0.3, -0.25) is 4.90 Å². The molecule has 1 atom stereocenters. The molecule has 4 heteroatoms. The van der Waals surface area contributed by atoms with Crippen molar-refractivity contribution < 1.29 is 0 Å².